The van der Waals surface area contributed by atoms with Crippen molar-refractivity contribution in [2.75, 3.05) is 14.1 Å². The number of hydrogen-bond donors (Lipinski definition) is 2. The fraction of sp³-hybridized carbons (Fsp3) is 0.600. The van der Waals surface area contributed by atoms with Crippen LogP contribution in [0.2, 0.25) is 0 Å². The number of thiophene rings is 1. The smallest absolute Gasteiger partial charge is 0.0742 e. The summed E-state index contributed by atoms with van der Waals surface area (Å²) >= 11 is 5.26. The molecule has 1 heterocycles. The molecule has 1 atom stereocenters. The van der Waals surface area contributed by atoms with Gasteiger partial charge in [-0.1, -0.05) is 0 Å². The molecular formula is C10H18BrN3S. The van der Waals surface area contributed by atoms with Crippen LogP contribution >= 0.6 is 27.3 Å². The fourth-order valence-corrected chi connectivity index (χ4v) is 3.21. The molecule has 0 bridgehead atoms. The van der Waals surface area contributed by atoms with Crippen LogP contribution in [-0.2, 0) is 0 Å². The molecule has 0 amide bonds. The van der Waals surface area contributed by atoms with E-state index in [1.165, 1.54) is 4.88 Å². The van der Waals surface area contributed by atoms with Crippen LogP contribution < -0.4 is 11.3 Å². The van der Waals surface area contributed by atoms with Gasteiger partial charge in [-0.15, -0.1) is 11.3 Å². The van der Waals surface area contributed by atoms with Crippen molar-refractivity contribution in [1.29, 1.82) is 0 Å². The Hall–Kier alpha value is 0.0600. The van der Waals surface area contributed by atoms with E-state index in [0.717, 1.165) is 4.47 Å². The minimum absolute atomic E-state index is 0.0396. The first-order chi connectivity index (χ1) is 6.91. The van der Waals surface area contributed by atoms with Crippen molar-refractivity contribution in [3.63, 3.8) is 0 Å². The lowest BCUT2D eigenvalue weighted by atomic mass is 9.92. The Balaban J connectivity index is 3.04. The number of hydrogen-bond acceptors (Lipinski definition) is 4. The van der Waals surface area contributed by atoms with Gasteiger partial charge in [0.1, 0.15) is 0 Å². The molecule has 0 aliphatic carbocycles. The Morgan fingerprint density at radius 2 is 2.13 bits per heavy atom. The minimum atomic E-state index is -0.0396. The van der Waals surface area contributed by atoms with Crippen molar-refractivity contribution in [1.82, 2.24) is 10.3 Å². The molecule has 1 unspecified atom stereocenters. The van der Waals surface area contributed by atoms with E-state index < -0.39 is 0 Å². The van der Waals surface area contributed by atoms with Crippen molar-refractivity contribution in [2.45, 2.75) is 25.4 Å². The third kappa shape index (κ3) is 2.60. The molecule has 0 saturated carbocycles. The molecule has 86 valence electrons. The molecular weight excluding hydrogens is 274 g/mol. The van der Waals surface area contributed by atoms with Gasteiger partial charge in [-0.25, -0.2) is 0 Å². The monoisotopic (exact) mass is 291 g/mol. The zero-order valence-electron chi connectivity index (χ0n) is 9.54. The average Bonchev–Trinajstić information content (AvgIpc) is 2.53. The van der Waals surface area contributed by atoms with Crippen molar-refractivity contribution < 1.29 is 0 Å². The van der Waals surface area contributed by atoms with Gasteiger partial charge in [0.15, 0.2) is 0 Å². The SMILES string of the molecule is CN(C)C(C)(C)C(NN)c1sccc1Br. The summed E-state index contributed by atoms with van der Waals surface area (Å²) in [6, 6.07) is 2.16. The van der Waals surface area contributed by atoms with Crippen molar-refractivity contribution in [3.8, 4) is 0 Å². The van der Waals surface area contributed by atoms with Crippen LogP contribution in [0.4, 0.5) is 0 Å². The Kier molecular flexibility index (Phi) is 4.31. The van der Waals surface area contributed by atoms with Gasteiger partial charge in [0.05, 0.1) is 6.04 Å². The van der Waals surface area contributed by atoms with E-state index >= 15 is 0 Å². The zero-order chi connectivity index (χ0) is 11.6. The molecule has 3 nitrogen and oxygen atoms in total. The summed E-state index contributed by atoms with van der Waals surface area (Å²) in [5, 5.41) is 2.06. The summed E-state index contributed by atoms with van der Waals surface area (Å²) in [4.78, 5) is 3.40. The lowest BCUT2D eigenvalue weighted by molar-refractivity contribution is 0.139. The molecule has 0 aromatic carbocycles. The fourth-order valence-electron chi connectivity index (χ4n) is 1.37. The Morgan fingerprint density at radius 1 is 1.53 bits per heavy atom. The van der Waals surface area contributed by atoms with E-state index in [1.54, 1.807) is 11.3 Å². The first-order valence-electron chi connectivity index (χ1n) is 4.77. The van der Waals surface area contributed by atoms with E-state index in [9.17, 15) is 0 Å². The largest absolute Gasteiger partial charge is 0.302 e. The van der Waals surface area contributed by atoms with Gasteiger partial charge in [-0.2, -0.15) is 0 Å². The second-order valence-electron chi connectivity index (χ2n) is 4.28. The molecule has 0 fully saturated rings. The number of rotatable bonds is 4. The molecule has 0 spiro atoms. The van der Waals surface area contributed by atoms with Crippen molar-refractivity contribution in [3.05, 3.63) is 20.8 Å². The summed E-state index contributed by atoms with van der Waals surface area (Å²) in [5.41, 5.74) is 2.87. The van der Waals surface area contributed by atoms with Crippen LogP contribution in [0, 0.1) is 0 Å². The molecule has 0 radical (unpaired) electrons. The third-order valence-electron chi connectivity index (χ3n) is 2.93. The number of likely N-dealkylation sites (N-methyl/N-ethyl adjacent to an activating group) is 1. The molecule has 0 aliphatic rings. The van der Waals surface area contributed by atoms with Crippen LogP contribution in [0.5, 0.6) is 0 Å². The van der Waals surface area contributed by atoms with Crippen LogP contribution in [0.1, 0.15) is 24.8 Å². The third-order valence-corrected chi connectivity index (χ3v) is 4.87. The number of nitrogens with zero attached hydrogens (tertiary/aromatic N) is 1. The van der Waals surface area contributed by atoms with Gasteiger partial charge >= 0.3 is 0 Å². The second kappa shape index (κ2) is 4.93. The summed E-state index contributed by atoms with van der Waals surface area (Å²) in [7, 11) is 4.12. The lowest BCUT2D eigenvalue weighted by Crippen LogP contribution is -2.51. The van der Waals surface area contributed by atoms with Gasteiger partial charge in [-0.05, 0) is 55.3 Å². The Labute approximate surface area is 104 Å². The van der Waals surface area contributed by atoms with Gasteiger partial charge in [0.2, 0.25) is 0 Å². The molecule has 1 aromatic rings. The predicted octanol–water partition coefficient (Wildman–Crippen LogP) is 2.36. The zero-order valence-corrected chi connectivity index (χ0v) is 11.9. The van der Waals surface area contributed by atoms with Crippen molar-refractivity contribution in [2.24, 2.45) is 5.84 Å². The highest BCUT2D eigenvalue weighted by atomic mass is 79.9. The highest BCUT2D eigenvalue weighted by molar-refractivity contribution is 9.10. The van der Waals surface area contributed by atoms with Gasteiger partial charge < -0.3 is 4.90 Å². The van der Waals surface area contributed by atoms with Crippen molar-refractivity contribution >= 4 is 27.3 Å². The first kappa shape index (κ1) is 13.1. The number of hydrazine groups is 1. The highest BCUT2D eigenvalue weighted by Crippen LogP contribution is 2.36. The lowest BCUT2D eigenvalue weighted by Gasteiger charge is -2.39. The maximum Gasteiger partial charge on any atom is 0.0742 e. The Morgan fingerprint density at radius 3 is 2.47 bits per heavy atom. The van der Waals surface area contributed by atoms with E-state index in [0.29, 0.717) is 0 Å². The molecule has 5 heteroatoms. The molecule has 1 aromatic heterocycles. The standard InChI is InChI=1S/C10H18BrN3S/c1-10(2,14(3)4)9(13-12)8-7(11)5-6-15-8/h5-6,9,13H,12H2,1-4H3. The number of nitrogens with two attached hydrogens (primary N) is 1. The maximum absolute atomic E-state index is 5.67. The molecule has 3 N–H and O–H groups in total. The summed E-state index contributed by atoms with van der Waals surface area (Å²) in [5.74, 6) is 5.67. The number of nitrogens with one attached hydrogen (secondary N) is 1. The average molecular weight is 292 g/mol. The van der Waals surface area contributed by atoms with E-state index in [2.05, 4.69) is 65.6 Å². The van der Waals surface area contributed by atoms with E-state index in [4.69, 9.17) is 5.84 Å². The van der Waals surface area contributed by atoms with Gasteiger partial charge in [0.25, 0.3) is 0 Å². The van der Waals surface area contributed by atoms with Crippen LogP contribution in [0.25, 0.3) is 0 Å². The predicted molar refractivity (Wildman–Crippen MR) is 69.8 cm³/mol. The van der Waals surface area contributed by atoms with Crippen LogP contribution in [0.15, 0.2) is 15.9 Å². The minimum Gasteiger partial charge on any atom is -0.302 e. The van der Waals surface area contributed by atoms with Gasteiger partial charge in [0, 0.05) is 14.9 Å². The number of halogens is 1. The molecule has 15 heavy (non-hydrogen) atoms. The summed E-state index contributed by atoms with van der Waals surface area (Å²) in [6.45, 7) is 4.34. The molecule has 1 rings (SSSR count). The van der Waals surface area contributed by atoms with E-state index in [-0.39, 0.29) is 11.6 Å². The first-order valence-corrected chi connectivity index (χ1v) is 6.45. The highest BCUT2D eigenvalue weighted by Gasteiger charge is 2.33. The summed E-state index contributed by atoms with van der Waals surface area (Å²) < 4.78 is 1.12. The van der Waals surface area contributed by atoms with Crippen LogP contribution in [0.3, 0.4) is 0 Å². The Bertz CT molecular complexity index is 322. The quantitative estimate of drug-likeness (QED) is 0.661. The maximum atomic E-state index is 5.67. The molecule has 0 aliphatic heterocycles. The van der Waals surface area contributed by atoms with Crippen LogP contribution in [-0.4, -0.2) is 24.5 Å². The molecule has 0 saturated heterocycles. The topological polar surface area (TPSA) is 41.3 Å². The summed E-state index contributed by atoms with van der Waals surface area (Å²) in [6.07, 6.45) is 0. The second-order valence-corrected chi connectivity index (χ2v) is 6.08. The van der Waals surface area contributed by atoms with Gasteiger partial charge in [-0.3, -0.25) is 11.3 Å². The van der Waals surface area contributed by atoms with E-state index in [1.807, 2.05) is 0 Å². The normalized spacial score (nSPS) is 14.6.